The summed E-state index contributed by atoms with van der Waals surface area (Å²) in [4.78, 5) is 3.81. The fourth-order valence-electron chi connectivity index (χ4n) is 0.125. The molecule has 0 aromatic rings. The van der Waals surface area contributed by atoms with Crippen LogP contribution in [-0.4, -0.2) is 13.4 Å². The molecule has 3 heteroatoms. The molecule has 0 aromatic heterocycles. The lowest BCUT2D eigenvalue weighted by Gasteiger charge is -1.91. The van der Waals surface area contributed by atoms with Gasteiger partial charge in [-0.25, -0.2) is 0 Å². The van der Waals surface area contributed by atoms with Crippen molar-refractivity contribution in [1.82, 2.24) is 5.90 Å². The van der Waals surface area contributed by atoms with Gasteiger partial charge in [-0.05, 0) is 6.92 Å². The van der Waals surface area contributed by atoms with Gasteiger partial charge >= 0.3 is 0 Å². The maximum absolute atomic E-state index is 6.08. The first kappa shape index (κ1) is 5.88. The van der Waals surface area contributed by atoms with E-state index in [1.807, 2.05) is 6.92 Å². The minimum Gasteiger partial charge on any atom is -0.354 e. The summed E-state index contributed by atoms with van der Waals surface area (Å²) in [6.07, 6.45) is 0. The molecule has 0 saturated heterocycles. The fraction of sp³-hybridized carbons (Fsp3) is 1.00. The summed E-state index contributed by atoms with van der Waals surface area (Å²) in [5.41, 5.74) is 0. The molecule has 0 amide bonds. The van der Waals surface area contributed by atoms with Gasteiger partial charge in [0.2, 0.25) is 0 Å². The summed E-state index contributed by atoms with van der Waals surface area (Å²) >= 11 is 0. The smallest absolute Gasteiger partial charge is 0.168 e. The Kier molecular flexibility index (Phi) is 4.78. The monoisotopic (exact) mass is 90.1 g/mol. The second kappa shape index (κ2) is 4.88. The highest BCUT2D eigenvalue weighted by molar-refractivity contribution is 4.01. The first-order valence-corrected chi connectivity index (χ1v) is 1.78. The first-order valence-electron chi connectivity index (χ1n) is 1.78. The van der Waals surface area contributed by atoms with Crippen molar-refractivity contribution in [3.63, 3.8) is 0 Å². The summed E-state index contributed by atoms with van der Waals surface area (Å²) in [6, 6.07) is 0. The molecule has 0 rings (SSSR count). The van der Waals surface area contributed by atoms with Crippen molar-refractivity contribution in [1.29, 1.82) is 0 Å². The van der Waals surface area contributed by atoms with Gasteiger partial charge in [0.05, 0.1) is 0 Å². The molecule has 0 atom stereocenters. The third-order valence-corrected chi connectivity index (χ3v) is 0.346. The molecule has 1 radical (unpaired) electrons. The van der Waals surface area contributed by atoms with Crippen LogP contribution in [0.4, 0.5) is 0 Å². The zero-order chi connectivity index (χ0) is 4.83. The molecule has 0 spiro atoms. The van der Waals surface area contributed by atoms with Crippen LogP contribution < -0.4 is 5.90 Å². The van der Waals surface area contributed by atoms with Gasteiger partial charge < -0.3 is 4.74 Å². The Morgan fingerprint density at radius 2 is 2.33 bits per heavy atom. The number of nitrogens with one attached hydrogen (secondary N) is 1. The Labute approximate surface area is 37.0 Å². The summed E-state index contributed by atoms with van der Waals surface area (Å²) in [6.45, 7) is 2.54. The van der Waals surface area contributed by atoms with E-state index in [1.54, 1.807) is 0 Å². The third kappa shape index (κ3) is 3.88. The van der Waals surface area contributed by atoms with E-state index in [1.165, 1.54) is 0 Å². The van der Waals surface area contributed by atoms with Crippen molar-refractivity contribution in [3.05, 3.63) is 0 Å². The van der Waals surface area contributed by atoms with Crippen LogP contribution >= 0.6 is 0 Å². The van der Waals surface area contributed by atoms with Crippen molar-refractivity contribution in [2.45, 2.75) is 6.92 Å². The van der Waals surface area contributed by atoms with E-state index >= 15 is 0 Å². The molecule has 1 N–H and O–H groups in total. The van der Waals surface area contributed by atoms with Gasteiger partial charge in [0, 0.05) is 6.61 Å². The van der Waals surface area contributed by atoms with Crippen LogP contribution in [0.3, 0.4) is 0 Å². The van der Waals surface area contributed by atoms with Gasteiger partial charge in [-0.1, -0.05) is 0 Å². The second-order valence-electron chi connectivity index (χ2n) is 0.755. The second-order valence-corrected chi connectivity index (χ2v) is 0.755. The quantitative estimate of drug-likeness (QED) is 0.282. The molecule has 0 aliphatic heterocycles. The third-order valence-electron chi connectivity index (χ3n) is 0.346. The molecular formula is C3H8NO2. The van der Waals surface area contributed by atoms with Gasteiger partial charge in [-0.2, -0.15) is 0 Å². The van der Waals surface area contributed by atoms with Crippen molar-refractivity contribution in [2.75, 3.05) is 13.4 Å². The number of rotatable bonds is 3. The van der Waals surface area contributed by atoms with Crippen LogP contribution in [0.5, 0.6) is 0 Å². The average molecular weight is 90.1 g/mol. The summed E-state index contributed by atoms with van der Waals surface area (Å²) in [5, 5.41) is 0. The van der Waals surface area contributed by atoms with Crippen molar-refractivity contribution in [3.8, 4) is 0 Å². The zero-order valence-corrected chi connectivity index (χ0v) is 3.73. The molecule has 6 heavy (non-hydrogen) atoms. The Morgan fingerprint density at radius 1 is 1.67 bits per heavy atom. The SMILES string of the molecule is CCOCO[NH]. The molecule has 3 nitrogen and oxygen atoms in total. The van der Waals surface area contributed by atoms with E-state index in [9.17, 15) is 0 Å². The molecule has 0 fully saturated rings. The molecular weight excluding hydrogens is 82.0 g/mol. The number of hydrogen-bond acceptors (Lipinski definition) is 2. The largest absolute Gasteiger partial charge is 0.354 e. The molecule has 0 bridgehead atoms. The summed E-state index contributed by atoms with van der Waals surface area (Å²) in [5.74, 6) is 6.08. The van der Waals surface area contributed by atoms with Crippen LogP contribution in [0, 0.1) is 0 Å². The maximum Gasteiger partial charge on any atom is 0.168 e. The maximum atomic E-state index is 6.08. The summed E-state index contributed by atoms with van der Waals surface area (Å²) in [7, 11) is 0. The lowest BCUT2D eigenvalue weighted by atomic mass is 10.9. The molecule has 0 heterocycles. The predicted octanol–water partition coefficient (Wildman–Crippen LogP) is 0.195. The Balaban J connectivity index is 2.34. The Bertz CT molecular complexity index is 20.8. The number of ether oxygens (including phenoxy) is 1. The van der Waals surface area contributed by atoms with Gasteiger partial charge in [0.25, 0.3) is 0 Å². The van der Waals surface area contributed by atoms with Crippen LogP contribution in [0.25, 0.3) is 0 Å². The predicted molar refractivity (Wildman–Crippen MR) is 20.7 cm³/mol. The highest BCUT2D eigenvalue weighted by Gasteiger charge is 1.72. The van der Waals surface area contributed by atoms with Gasteiger partial charge in [0.1, 0.15) is 0 Å². The number of hydrogen-bond donors (Lipinski definition) is 0. The van der Waals surface area contributed by atoms with E-state index in [0.717, 1.165) is 0 Å². The van der Waals surface area contributed by atoms with E-state index < -0.39 is 0 Å². The minimum absolute atomic E-state index is 0.0799. The van der Waals surface area contributed by atoms with Crippen LogP contribution in [-0.2, 0) is 9.57 Å². The molecule has 0 unspecified atom stereocenters. The van der Waals surface area contributed by atoms with Crippen LogP contribution in [0.1, 0.15) is 6.92 Å². The standard InChI is InChI=1S/C3H8NO2/c1-2-5-3-6-4/h4H,2-3H2,1H3. The normalized spacial score (nSPS) is 9.00. The first-order chi connectivity index (χ1) is 2.91. The molecule has 0 saturated carbocycles. The van der Waals surface area contributed by atoms with Gasteiger partial charge in [-0.3, -0.25) is 4.84 Å². The Hall–Kier alpha value is -0.120. The van der Waals surface area contributed by atoms with Crippen LogP contribution in [0.15, 0.2) is 0 Å². The van der Waals surface area contributed by atoms with E-state index in [4.69, 9.17) is 5.90 Å². The molecule has 0 aliphatic carbocycles. The fourth-order valence-corrected chi connectivity index (χ4v) is 0.125. The van der Waals surface area contributed by atoms with Crippen molar-refractivity contribution in [2.24, 2.45) is 0 Å². The minimum atomic E-state index is 0.0799. The van der Waals surface area contributed by atoms with Gasteiger partial charge in [-0.15, -0.1) is 5.90 Å². The van der Waals surface area contributed by atoms with Crippen molar-refractivity contribution < 1.29 is 9.57 Å². The summed E-state index contributed by atoms with van der Waals surface area (Å²) < 4.78 is 4.57. The zero-order valence-electron chi connectivity index (χ0n) is 3.73. The lowest BCUT2D eigenvalue weighted by molar-refractivity contribution is -0.0599. The highest BCUT2D eigenvalue weighted by Crippen LogP contribution is 1.67. The van der Waals surface area contributed by atoms with E-state index in [-0.39, 0.29) is 6.79 Å². The van der Waals surface area contributed by atoms with E-state index in [2.05, 4.69) is 9.57 Å². The van der Waals surface area contributed by atoms with Gasteiger partial charge in [0.15, 0.2) is 6.79 Å². The van der Waals surface area contributed by atoms with Crippen molar-refractivity contribution >= 4 is 0 Å². The molecule has 0 aliphatic rings. The topological polar surface area (TPSA) is 42.3 Å². The Morgan fingerprint density at radius 3 is 2.50 bits per heavy atom. The van der Waals surface area contributed by atoms with E-state index in [0.29, 0.717) is 6.61 Å². The van der Waals surface area contributed by atoms with Crippen LogP contribution in [0.2, 0.25) is 0 Å². The highest BCUT2D eigenvalue weighted by atomic mass is 16.7. The average Bonchev–Trinajstić information content (AvgIpc) is 1.61. The lowest BCUT2D eigenvalue weighted by Crippen LogP contribution is -1.95. The molecule has 0 aromatic carbocycles. The molecule has 37 valence electrons.